The number of para-hydroxylation sites is 2. The van der Waals surface area contributed by atoms with Crippen molar-refractivity contribution in [2.45, 2.75) is 52.4 Å². The summed E-state index contributed by atoms with van der Waals surface area (Å²) in [5.74, 6) is 0. The van der Waals surface area contributed by atoms with Gasteiger partial charge in [0.25, 0.3) is 0 Å². The van der Waals surface area contributed by atoms with Gasteiger partial charge < -0.3 is 22.6 Å². The predicted octanol–water partition coefficient (Wildman–Crippen LogP) is 14.3. The number of anilines is 2. The first-order chi connectivity index (χ1) is 30.0. The highest BCUT2D eigenvalue weighted by Gasteiger charge is 2.45. The summed E-state index contributed by atoms with van der Waals surface area (Å²) >= 11 is 0. The van der Waals surface area contributed by atoms with Gasteiger partial charge in [-0.3, -0.25) is 0 Å². The lowest BCUT2D eigenvalue weighted by Gasteiger charge is -2.42. The summed E-state index contributed by atoms with van der Waals surface area (Å²) in [6.45, 7) is 13.4. The fourth-order valence-corrected chi connectivity index (χ4v) is 11.0. The van der Waals surface area contributed by atoms with Gasteiger partial charge in [-0.2, -0.15) is 0 Å². The number of aromatic nitrogens is 1. The molecule has 0 atom stereocenters. The fourth-order valence-electron chi connectivity index (χ4n) is 11.0. The summed E-state index contributed by atoms with van der Waals surface area (Å²) in [6.07, 6.45) is 0. The van der Waals surface area contributed by atoms with Crippen LogP contribution in [0.4, 0.5) is 11.4 Å². The van der Waals surface area contributed by atoms with E-state index in [9.17, 15) is 0 Å². The SMILES string of the molecule is CC(C)(C)c1ccc(N2B3c4cc5oc6ccccc6c5cc4-n4c5ccc6c7ccccc7oc6c5c5ccc(c3c54)-c3cc4oc5cc(C(C)(C)C)ccc5c4cc32)cc1. The summed E-state index contributed by atoms with van der Waals surface area (Å²) in [7, 11) is 0. The molecule has 4 aromatic heterocycles. The van der Waals surface area contributed by atoms with E-state index in [4.69, 9.17) is 13.3 Å². The maximum Gasteiger partial charge on any atom is 0.333 e. The number of benzene rings is 8. The maximum absolute atomic E-state index is 6.83. The fraction of sp³-hybridized carbons (Fsp3) is 0.143. The number of furan rings is 3. The molecule has 0 fully saturated rings. The van der Waals surface area contributed by atoms with Crippen molar-refractivity contribution in [3.8, 4) is 16.8 Å². The van der Waals surface area contributed by atoms with Crippen molar-refractivity contribution in [3.05, 3.63) is 151 Å². The minimum absolute atomic E-state index is 0.000258. The van der Waals surface area contributed by atoms with Crippen molar-refractivity contribution in [1.29, 1.82) is 0 Å². The molecule has 14 rings (SSSR count). The number of fused-ring (bicyclic) bond motifs is 18. The Balaban J connectivity index is 1.16. The van der Waals surface area contributed by atoms with Crippen LogP contribution in [0.5, 0.6) is 0 Å². The Hall–Kier alpha value is -7.18. The van der Waals surface area contributed by atoms with Crippen molar-refractivity contribution in [1.82, 2.24) is 4.57 Å². The van der Waals surface area contributed by atoms with Crippen LogP contribution in [0, 0.1) is 0 Å². The first kappa shape index (κ1) is 34.5. The standard InChI is InChI=1S/C56H41BN2O3/c1-55(2,3)30-15-18-32(19-16-30)59-44-26-40-35-20-17-31(56(4,5)6)25-48(35)61-49(40)28-39(44)36-21-22-38-51-43(24-23-37-33-11-7-10-14-47(33)62-54(37)51)58-45-27-41-34-12-8-9-13-46(34)60-50(41)29-42(45)57(59)52(36)53(38)58/h7-29H,1-6H3. The number of hydrogen-bond donors (Lipinski definition) is 0. The Morgan fingerprint density at radius 2 is 1.05 bits per heavy atom. The van der Waals surface area contributed by atoms with Crippen LogP contribution in [0.3, 0.4) is 0 Å². The van der Waals surface area contributed by atoms with Crippen LogP contribution in [0.2, 0.25) is 0 Å². The normalized spacial score (nSPS) is 13.9. The second-order valence-corrected chi connectivity index (χ2v) is 19.7. The molecule has 6 heterocycles. The molecule has 62 heavy (non-hydrogen) atoms. The highest BCUT2D eigenvalue weighted by atomic mass is 16.3. The van der Waals surface area contributed by atoms with Gasteiger partial charge in [0.1, 0.15) is 33.5 Å². The van der Waals surface area contributed by atoms with Crippen molar-refractivity contribution in [3.63, 3.8) is 0 Å². The molecule has 6 heteroatoms. The van der Waals surface area contributed by atoms with E-state index >= 15 is 0 Å². The zero-order valence-electron chi connectivity index (χ0n) is 35.5. The molecule has 0 aliphatic carbocycles. The van der Waals surface area contributed by atoms with Gasteiger partial charge in [0.15, 0.2) is 0 Å². The van der Waals surface area contributed by atoms with Crippen molar-refractivity contribution < 1.29 is 13.3 Å². The Morgan fingerprint density at radius 3 is 1.81 bits per heavy atom. The van der Waals surface area contributed by atoms with Crippen LogP contribution in [0.25, 0.3) is 104 Å². The lowest BCUT2D eigenvalue weighted by Crippen LogP contribution is -2.60. The van der Waals surface area contributed by atoms with Crippen LogP contribution in [-0.4, -0.2) is 11.4 Å². The predicted molar refractivity (Wildman–Crippen MR) is 259 cm³/mol. The molecule has 296 valence electrons. The molecular weight excluding hydrogens is 759 g/mol. The molecule has 0 unspecified atom stereocenters. The first-order valence-corrected chi connectivity index (χ1v) is 21.8. The quantitative estimate of drug-likeness (QED) is 0.155. The zero-order valence-corrected chi connectivity index (χ0v) is 35.5. The molecule has 0 radical (unpaired) electrons. The Labute approximate surface area is 357 Å². The summed E-state index contributed by atoms with van der Waals surface area (Å²) in [5, 5.41) is 9.04. The number of rotatable bonds is 1. The van der Waals surface area contributed by atoms with E-state index in [-0.39, 0.29) is 17.7 Å². The van der Waals surface area contributed by atoms with Gasteiger partial charge in [-0.25, -0.2) is 0 Å². The molecular formula is C56H41BN2O3. The Morgan fingerprint density at radius 1 is 0.452 bits per heavy atom. The minimum atomic E-state index is -0.180. The van der Waals surface area contributed by atoms with Gasteiger partial charge >= 0.3 is 6.85 Å². The highest BCUT2D eigenvalue weighted by molar-refractivity contribution is 6.94. The van der Waals surface area contributed by atoms with E-state index in [1.165, 1.54) is 38.5 Å². The lowest BCUT2D eigenvalue weighted by atomic mass is 9.44. The third-order valence-electron chi connectivity index (χ3n) is 14.1. The summed E-state index contributed by atoms with van der Waals surface area (Å²) in [5.41, 5.74) is 18.6. The molecule has 0 bridgehead atoms. The van der Waals surface area contributed by atoms with Crippen LogP contribution in [0.1, 0.15) is 52.7 Å². The molecule has 0 spiro atoms. The van der Waals surface area contributed by atoms with Gasteiger partial charge in [-0.15, -0.1) is 0 Å². The van der Waals surface area contributed by atoms with Gasteiger partial charge in [0.2, 0.25) is 0 Å². The van der Waals surface area contributed by atoms with E-state index in [0.29, 0.717) is 0 Å². The summed E-state index contributed by atoms with van der Waals surface area (Å²) in [6, 6.07) is 51.5. The van der Waals surface area contributed by atoms with Gasteiger partial charge in [-0.1, -0.05) is 114 Å². The minimum Gasteiger partial charge on any atom is -0.456 e. The van der Waals surface area contributed by atoms with Crippen molar-refractivity contribution in [2.75, 3.05) is 4.81 Å². The first-order valence-electron chi connectivity index (χ1n) is 21.8. The number of nitrogens with zero attached hydrogens (tertiary/aromatic N) is 2. The molecule has 0 saturated heterocycles. The van der Waals surface area contributed by atoms with E-state index in [1.807, 2.05) is 0 Å². The van der Waals surface area contributed by atoms with Crippen LogP contribution in [0.15, 0.2) is 153 Å². The Kier molecular flexibility index (Phi) is 6.34. The second-order valence-electron chi connectivity index (χ2n) is 19.7. The molecule has 0 saturated carbocycles. The third kappa shape index (κ3) is 4.39. The summed E-state index contributed by atoms with van der Waals surface area (Å²) in [4.78, 5) is 2.59. The summed E-state index contributed by atoms with van der Waals surface area (Å²) < 4.78 is 22.9. The average molecular weight is 801 g/mol. The van der Waals surface area contributed by atoms with Crippen molar-refractivity contribution in [2.24, 2.45) is 0 Å². The highest BCUT2D eigenvalue weighted by Crippen LogP contribution is 2.50. The van der Waals surface area contributed by atoms with Gasteiger partial charge in [0, 0.05) is 60.3 Å². The molecule has 8 aromatic carbocycles. The number of hydrogen-bond acceptors (Lipinski definition) is 4. The average Bonchev–Trinajstić information content (AvgIpc) is 4.02. The van der Waals surface area contributed by atoms with E-state index in [2.05, 4.69) is 190 Å². The van der Waals surface area contributed by atoms with Gasteiger partial charge in [0.05, 0.1) is 16.4 Å². The Bertz CT molecular complexity index is 3960. The monoisotopic (exact) mass is 800 g/mol. The lowest BCUT2D eigenvalue weighted by molar-refractivity contribution is 0.587. The third-order valence-corrected chi connectivity index (χ3v) is 14.1. The second kappa shape index (κ2) is 11.4. The van der Waals surface area contributed by atoms with E-state index < -0.39 is 0 Å². The molecule has 5 nitrogen and oxygen atoms in total. The molecule has 0 amide bonds. The van der Waals surface area contributed by atoms with Crippen LogP contribution < -0.4 is 15.7 Å². The van der Waals surface area contributed by atoms with Crippen LogP contribution in [-0.2, 0) is 10.8 Å². The van der Waals surface area contributed by atoms with Gasteiger partial charge in [-0.05, 0) is 105 Å². The molecule has 2 aliphatic rings. The topological polar surface area (TPSA) is 47.6 Å². The molecule has 2 aliphatic heterocycles. The van der Waals surface area contributed by atoms with Crippen LogP contribution >= 0.6 is 0 Å². The smallest absolute Gasteiger partial charge is 0.333 e. The van der Waals surface area contributed by atoms with E-state index in [0.717, 1.165) is 99.3 Å². The molecule has 12 aromatic rings. The zero-order chi connectivity index (χ0) is 41.6. The largest absolute Gasteiger partial charge is 0.456 e. The van der Waals surface area contributed by atoms with E-state index in [1.54, 1.807) is 0 Å². The van der Waals surface area contributed by atoms with Crippen molar-refractivity contribution >= 4 is 117 Å². The molecule has 0 N–H and O–H groups in total. The maximum atomic E-state index is 6.83.